The van der Waals surface area contributed by atoms with Gasteiger partial charge in [-0.05, 0) is 12.8 Å². The van der Waals surface area contributed by atoms with Crippen molar-refractivity contribution < 1.29 is 9.59 Å². The van der Waals surface area contributed by atoms with Crippen LogP contribution in [-0.4, -0.2) is 22.2 Å². The van der Waals surface area contributed by atoms with E-state index in [2.05, 4.69) is 10.3 Å². The molecule has 17 heavy (non-hydrogen) atoms. The minimum Gasteiger partial charge on any atom is -0.351 e. The molecule has 1 aromatic heterocycles. The molecule has 0 aliphatic heterocycles. The molecule has 0 radical (unpaired) electrons. The number of thioether (sulfide) groups is 1. The van der Waals surface area contributed by atoms with E-state index in [1.54, 1.807) is 0 Å². The molecule has 1 unspecified atom stereocenters. The molecule has 0 saturated carbocycles. The third-order valence-electron chi connectivity index (χ3n) is 1.94. The van der Waals surface area contributed by atoms with Crippen molar-refractivity contribution in [2.75, 3.05) is 0 Å². The fraction of sp³-hybridized carbons (Fsp3) is 0.500. The first-order valence-electron chi connectivity index (χ1n) is 5.09. The Labute approximate surface area is 108 Å². The number of imide groups is 1. The number of nitrogens with two attached hydrogens (primary N) is 1. The molecule has 0 aromatic carbocycles. The zero-order valence-electron chi connectivity index (χ0n) is 9.89. The van der Waals surface area contributed by atoms with Crippen LogP contribution >= 0.6 is 23.1 Å². The van der Waals surface area contributed by atoms with Gasteiger partial charge in [-0.25, -0.2) is 9.78 Å². The Balaban J connectivity index is 2.73. The summed E-state index contributed by atoms with van der Waals surface area (Å²) in [6.07, 6.45) is 0. The molecule has 1 heterocycles. The lowest BCUT2D eigenvalue weighted by Gasteiger charge is -2.17. The van der Waals surface area contributed by atoms with E-state index in [1.165, 1.54) is 23.1 Å². The second-order valence-electron chi connectivity index (χ2n) is 3.89. The van der Waals surface area contributed by atoms with Crippen LogP contribution < -0.4 is 11.1 Å². The van der Waals surface area contributed by atoms with Crippen LogP contribution in [0.5, 0.6) is 0 Å². The number of thiazole rings is 1. The van der Waals surface area contributed by atoms with Gasteiger partial charge in [0, 0.05) is 11.1 Å². The fourth-order valence-corrected chi connectivity index (χ4v) is 3.23. The van der Waals surface area contributed by atoms with Crippen molar-refractivity contribution in [1.82, 2.24) is 10.3 Å². The lowest BCUT2D eigenvalue weighted by Crippen LogP contribution is -2.42. The number of carbonyl (C=O) groups is 2. The molecule has 1 atom stereocenters. The molecule has 7 heteroatoms. The smallest absolute Gasteiger partial charge is 0.318 e. The van der Waals surface area contributed by atoms with Crippen LogP contribution in [0, 0.1) is 12.8 Å². The maximum atomic E-state index is 11.8. The molecule has 0 aliphatic rings. The maximum Gasteiger partial charge on any atom is 0.318 e. The molecule has 1 rings (SSSR count). The normalized spacial score (nSPS) is 12.5. The fourth-order valence-electron chi connectivity index (χ4n) is 1.18. The van der Waals surface area contributed by atoms with Gasteiger partial charge < -0.3 is 5.73 Å². The van der Waals surface area contributed by atoms with Crippen molar-refractivity contribution in [3.05, 3.63) is 11.1 Å². The van der Waals surface area contributed by atoms with Gasteiger partial charge in [0.1, 0.15) is 0 Å². The van der Waals surface area contributed by atoms with Gasteiger partial charge in [0.15, 0.2) is 4.34 Å². The highest BCUT2D eigenvalue weighted by atomic mass is 32.2. The van der Waals surface area contributed by atoms with Crippen LogP contribution in [0.4, 0.5) is 4.79 Å². The largest absolute Gasteiger partial charge is 0.351 e. The first kappa shape index (κ1) is 14.0. The summed E-state index contributed by atoms with van der Waals surface area (Å²) in [5.41, 5.74) is 5.86. The molecule has 1 aromatic rings. The standard InChI is InChI=1S/C10H15N3O2S2/c1-5(2)7(8(14)13-9(11)15)17-10-12-6(3)4-16-10/h4-5,7H,1-3H3,(H3,11,13,14,15). The zero-order chi connectivity index (χ0) is 13.0. The molecule has 0 aliphatic carbocycles. The third-order valence-corrected chi connectivity index (χ3v) is 4.57. The number of urea groups is 1. The number of amides is 3. The summed E-state index contributed by atoms with van der Waals surface area (Å²) in [5, 5.41) is 3.66. The van der Waals surface area contributed by atoms with Crippen LogP contribution in [0.3, 0.4) is 0 Å². The number of aromatic nitrogens is 1. The van der Waals surface area contributed by atoms with E-state index in [0.29, 0.717) is 0 Å². The second-order valence-corrected chi connectivity index (χ2v) is 6.14. The summed E-state index contributed by atoms with van der Waals surface area (Å²) in [6, 6.07) is -0.823. The van der Waals surface area contributed by atoms with E-state index in [4.69, 9.17) is 5.73 Å². The summed E-state index contributed by atoms with van der Waals surface area (Å²) in [7, 11) is 0. The average Bonchev–Trinajstić information content (AvgIpc) is 2.58. The van der Waals surface area contributed by atoms with Gasteiger partial charge in [-0.2, -0.15) is 0 Å². The molecule has 0 bridgehead atoms. The highest BCUT2D eigenvalue weighted by molar-refractivity contribution is 8.02. The van der Waals surface area contributed by atoms with Gasteiger partial charge in [0.2, 0.25) is 5.91 Å². The second kappa shape index (κ2) is 6.02. The lowest BCUT2D eigenvalue weighted by atomic mass is 10.1. The minimum atomic E-state index is -0.823. The third kappa shape index (κ3) is 4.35. The Morgan fingerprint density at radius 1 is 1.53 bits per heavy atom. The Morgan fingerprint density at radius 2 is 2.18 bits per heavy atom. The van der Waals surface area contributed by atoms with Crippen LogP contribution in [-0.2, 0) is 4.79 Å². The Morgan fingerprint density at radius 3 is 2.59 bits per heavy atom. The van der Waals surface area contributed by atoms with Crippen molar-refractivity contribution in [3.8, 4) is 0 Å². The van der Waals surface area contributed by atoms with Gasteiger partial charge in [-0.1, -0.05) is 25.6 Å². The van der Waals surface area contributed by atoms with Crippen molar-refractivity contribution in [3.63, 3.8) is 0 Å². The Bertz CT molecular complexity index is 417. The van der Waals surface area contributed by atoms with E-state index in [-0.39, 0.29) is 17.1 Å². The highest BCUT2D eigenvalue weighted by Gasteiger charge is 2.25. The van der Waals surface area contributed by atoms with E-state index < -0.39 is 6.03 Å². The Kier molecular flexibility index (Phi) is 4.95. The van der Waals surface area contributed by atoms with Gasteiger partial charge in [0.05, 0.1) is 5.25 Å². The number of nitrogens with zero attached hydrogens (tertiary/aromatic N) is 1. The number of primary amides is 1. The van der Waals surface area contributed by atoms with Gasteiger partial charge in [-0.15, -0.1) is 11.3 Å². The van der Waals surface area contributed by atoms with E-state index >= 15 is 0 Å². The van der Waals surface area contributed by atoms with Crippen LogP contribution in [0.1, 0.15) is 19.5 Å². The predicted octanol–water partition coefficient (Wildman–Crippen LogP) is 1.76. The molecular formula is C10H15N3O2S2. The molecule has 0 spiro atoms. The van der Waals surface area contributed by atoms with E-state index in [1.807, 2.05) is 26.2 Å². The topological polar surface area (TPSA) is 85.1 Å². The van der Waals surface area contributed by atoms with E-state index in [9.17, 15) is 9.59 Å². The summed E-state index contributed by atoms with van der Waals surface area (Å²) >= 11 is 2.84. The maximum absolute atomic E-state index is 11.8. The molecule has 5 nitrogen and oxygen atoms in total. The number of rotatable bonds is 4. The monoisotopic (exact) mass is 273 g/mol. The highest BCUT2D eigenvalue weighted by Crippen LogP contribution is 2.30. The van der Waals surface area contributed by atoms with Crippen molar-refractivity contribution in [1.29, 1.82) is 0 Å². The van der Waals surface area contributed by atoms with Gasteiger partial charge in [0.25, 0.3) is 0 Å². The predicted molar refractivity (Wildman–Crippen MR) is 69.1 cm³/mol. The number of hydrogen-bond acceptors (Lipinski definition) is 5. The van der Waals surface area contributed by atoms with Gasteiger partial charge in [-0.3, -0.25) is 10.1 Å². The van der Waals surface area contributed by atoms with Gasteiger partial charge >= 0.3 is 6.03 Å². The number of aryl methyl sites for hydroxylation is 1. The summed E-state index contributed by atoms with van der Waals surface area (Å²) < 4.78 is 0.820. The van der Waals surface area contributed by atoms with Crippen LogP contribution in [0.25, 0.3) is 0 Å². The average molecular weight is 273 g/mol. The van der Waals surface area contributed by atoms with Crippen molar-refractivity contribution >= 4 is 35.0 Å². The first-order chi connectivity index (χ1) is 7.90. The number of carbonyl (C=O) groups excluding carboxylic acids is 2. The molecule has 3 amide bonds. The van der Waals surface area contributed by atoms with Crippen molar-refractivity contribution in [2.24, 2.45) is 11.7 Å². The first-order valence-corrected chi connectivity index (χ1v) is 6.85. The molecule has 0 saturated heterocycles. The quantitative estimate of drug-likeness (QED) is 0.819. The van der Waals surface area contributed by atoms with Crippen LogP contribution in [0.2, 0.25) is 0 Å². The van der Waals surface area contributed by atoms with Crippen molar-refractivity contribution in [2.45, 2.75) is 30.4 Å². The number of nitrogens with one attached hydrogen (secondary N) is 1. The minimum absolute atomic E-state index is 0.0866. The Hall–Kier alpha value is -1.08. The lowest BCUT2D eigenvalue weighted by molar-refractivity contribution is -0.120. The summed E-state index contributed by atoms with van der Waals surface area (Å²) in [4.78, 5) is 26.7. The summed E-state index contributed by atoms with van der Waals surface area (Å²) in [6.45, 7) is 5.73. The SMILES string of the molecule is Cc1csc(SC(C(=O)NC(N)=O)C(C)C)n1. The molecule has 3 N–H and O–H groups in total. The van der Waals surface area contributed by atoms with Crippen LogP contribution in [0.15, 0.2) is 9.72 Å². The number of hydrogen-bond donors (Lipinski definition) is 2. The molecule has 94 valence electrons. The zero-order valence-corrected chi connectivity index (χ0v) is 11.5. The molecular weight excluding hydrogens is 258 g/mol. The summed E-state index contributed by atoms with van der Waals surface area (Å²) in [5.74, 6) is -0.283. The molecule has 0 fully saturated rings. The van der Waals surface area contributed by atoms with E-state index in [0.717, 1.165) is 10.0 Å².